The molecule has 18 heavy (non-hydrogen) atoms. The van der Waals surface area contributed by atoms with Gasteiger partial charge in [-0.05, 0) is 29.8 Å². The molecule has 3 nitrogen and oxygen atoms in total. The number of hydrogen-bond donors (Lipinski definition) is 4. The number of anilines is 3. The Morgan fingerprint density at radius 1 is 1.17 bits per heavy atom. The van der Waals surface area contributed by atoms with Crippen molar-refractivity contribution in [2.45, 2.75) is 11.4 Å². The summed E-state index contributed by atoms with van der Waals surface area (Å²) in [4.78, 5) is 0.867. The van der Waals surface area contributed by atoms with E-state index in [0.29, 0.717) is 12.2 Å². The lowest BCUT2D eigenvalue weighted by molar-refractivity contribution is 0.635. The van der Waals surface area contributed by atoms with Crippen LogP contribution < -0.4 is 16.8 Å². The number of thiol groups is 1. The topological polar surface area (TPSA) is 64.1 Å². The molecule has 94 valence electrons. The lowest BCUT2D eigenvalue weighted by Gasteiger charge is -2.10. The Balaban J connectivity index is 2.14. The zero-order valence-corrected chi connectivity index (χ0v) is 10.5. The van der Waals surface area contributed by atoms with Crippen LogP contribution in [0.25, 0.3) is 0 Å². The third-order valence-electron chi connectivity index (χ3n) is 2.61. The molecule has 0 aromatic heterocycles. The van der Waals surface area contributed by atoms with Crippen LogP contribution in [0.1, 0.15) is 5.56 Å². The minimum Gasteiger partial charge on any atom is -0.397 e. The first-order valence-corrected chi connectivity index (χ1v) is 5.88. The van der Waals surface area contributed by atoms with Crippen LogP contribution in [-0.2, 0) is 6.54 Å². The van der Waals surface area contributed by atoms with Gasteiger partial charge in [0.2, 0.25) is 0 Å². The maximum absolute atomic E-state index is 13.8. The van der Waals surface area contributed by atoms with Gasteiger partial charge in [0.05, 0.1) is 17.1 Å². The summed E-state index contributed by atoms with van der Waals surface area (Å²) < 4.78 is 13.8. The molecule has 0 bridgehead atoms. The van der Waals surface area contributed by atoms with Crippen molar-refractivity contribution in [1.29, 1.82) is 0 Å². The van der Waals surface area contributed by atoms with Gasteiger partial charge in [0.15, 0.2) is 5.82 Å². The van der Waals surface area contributed by atoms with E-state index in [4.69, 9.17) is 11.5 Å². The lowest BCUT2D eigenvalue weighted by atomic mass is 10.2. The van der Waals surface area contributed by atoms with Gasteiger partial charge < -0.3 is 16.8 Å². The van der Waals surface area contributed by atoms with Crippen molar-refractivity contribution in [3.63, 3.8) is 0 Å². The highest BCUT2D eigenvalue weighted by atomic mass is 32.1. The Morgan fingerprint density at radius 2 is 1.94 bits per heavy atom. The molecular weight excluding hydrogens is 249 g/mol. The van der Waals surface area contributed by atoms with Gasteiger partial charge in [0.25, 0.3) is 0 Å². The Kier molecular flexibility index (Phi) is 3.62. The maximum atomic E-state index is 13.8. The van der Waals surface area contributed by atoms with Gasteiger partial charge in [0, 0.05) is 11.4 Å². The molecule has 2 aromatic carbocycles. The number of nitrogens with one attached hydrogen (secondary N) is 1. The summed E-state index contributed by atoms with van der Waals surface area (Å²) in [7, 11) is 0. The molecule has 0 aliphatic rings. The first kappa shape index (κ1) is 12.6. The van der Waals surface area contributed by atoms with Crippen molar-refractivity contribution in [1.82, 2.24) is 0 Å². The fourth-order valence-electron chi connectivity index (χ4n) is 1.61. The number of nitrogens with two attached hydrogens (primary N) is 2. The molecule has 0 fully saturated rings. The van der Waals surface area contributed by atoms with E-state index in [1.807, 2.05) is 24.3 Å². The van der Waals surface area contributed by atoms with Crippen LogP contribution in [0, 0.1) is 5.82 Å². The normalized spacial score (nSPS) is 10.3. The Morgan fingerprint density at radius 3 is 2.67 bits per heavy atom. The Hall–Kier alpha value is -1.88. The second-order valence-corrected chi connectivity index (χ2v) is 4.47. The number of benzene rings is 2. The van der Waals surface area contributed by atoms with E-state index < -0.39 is 5.82 Å². The predicted octanol–water partition coefficient (Wildman–Crippen LogP) is 2.89. The molecule has 0 amide bonds. The van der Waals surface area contributed by atoms with Crippen molar-refractivity contribution in [2.24, 2.45) is 0 Å². The van der Waals surface area contributed by atoms with Gasteiger partial charge in [-0.3, -0.25) is 0 Å². The smallest absolute Gasteiger partial charge is 0.171 e. The molecule has 0 unspecified atom stereocenters. The summed E-state index contributed by atoms with van der Waals surface area (Å²) in [5.74, 6) is -0.517. The van der Waals surface area contributed by atoms with Crippen LogP contribution in [0.3, 0.4) is 0 Å². The molecule has 0 atom stereocenters. The minimum atomic E-state index is -0.517. The standard InChI is InChI=1S/C13H14FN3S/c14-12-11(5-4-10(15)13(12)16)17-7-8-2-1-3-9(18)6-8/h1-6,17-18H,7,15-16H2. The molecule has 5 heteroatoms. The van der Waals surface area contributed by atoms with Gasteiger partial charge in [-0.25, -0.2) is 4.39 Å². The second kappa shape index (κ2) is 5.18. The summed E-state index contributed by atoms with van der Waals surface area (Å²) in [5, 5.41) is 2.98. The third kappa shape index (κ3) is 2.68. The second-order valence-electron chi connectivity index (χ2n) is 3.95. The van der Waals surface area contributed by atoms with Crippen molar-refractivity contribution in [3.05, 3.63) is 47.8 Å². The van der Waals surface area contributed by atoms with Gasteiger partial charge in [-0.15, -0.1) is 12.6 Å². The van der Waals surface area contributed by atoms with Crippen LogP contribution in [0.2, 0.25) is 0 Å². The average molecular weight is 263 g/mol. The van der Waals surface area contributed by atoms with Crippen LogP contribution >= 0.6 is 12.6 Å². The lowest BCUT2D eigenvalue weighted by Crippen LogP contribution is -2.05. The predicted molar refractivity (Wildman–Crippen MR) is 76.2 cm³/mol. The Bertz CT molecular complexity index is 572. The van der Waals surface area contributed by atoms with E-state index >= 15 is 0 Å². The number of rotatable bonds is 3. The molecule has 2 aromatic rings. The molecule has 0 aliphatic heterocycles. The van der Waals surface area contributed by atoms with Crippen LogP contribution in [0.5, 0.6) is 0 Å². The van der Waals surface area contributed by atoms with Crippen LogP contribution in [0.4, 0.5) is 21.5 Å². The minimum absolute atomic E-state index is 0.0251. The molecule has 0 aliphatic carbocycles. The quantitative estimate of drug-likeness (QED) is 0.508. The summed E-state index contributed by atoms with van der Waals surface area (Å²) in [6.07, 6.45) is 0. The van der Waals surface area contributed by atoms with Gasteiger partial charge >= 0.3 is 0 Å². The molecule has 0 spiro atoms. The molecule has 0 heterocycles. The summed E-state index contributed by atoms with van der Waals surface area (Å²) >= 11 is 4.25. The van der Waals surface area contributed by atoms with E-state index in [2.05, 4.69) is 17.9 Å². The fraction of sp³-hybridized carbons (Fsp3) is 0.0769. The highest BCUT2D eigenvalue weighted by Crippen LogP contribution is 2.26. The van der Waals surface area contributed by atoms with Crippen molar-refractivity contribution >= 4 is 29.7 Å². The van der Waals surface area contributed by atoms with Crippen LogP contribution in [0.15, 0.2) is 41.3 Å². The number of halogens is 1. The maximum Gasteiger partial charge on any atom is 0.171 e. The number of nitrogen functional groups attached to an aromatic ring is 2. The number of hydrogen-bond acceptors (Lipinski definition) is 4. The highest BCUT2D eigenvalue weighted by molar-refractivity contribution is 7.80. The van der Waals surface area contributed by atoms with Gasteiger partial charge in [-0.2, -0.15) is 0 Å². The molecule has 0 saturated heterocycles. The third-order valence-corrected chi connectivity index (χ3v) is 2.89. The SMILES string of the molecule is Nc1ccc(NCc2cccc(S)c2)c(F)c1N. The first-order valence-electron chi connectivity index (χ1n) is 5.43. The molecular formula is C13H14FN3S. The molecule has 0 saturated carbocycles. The zero-order chi connectivity index (χ0) is 13.1. The molecule has 0 radical (unpaired) electrons. The van der Waals surface area contributed by atoms with Crippen molar-refractivity contribution < 1.29 is 4.39 Å². The van der Waals surface area contributed by atoms with Gasteiger partial charge in [0.1, 0.15) is 0 Å². The van der Waals surface area contributed by atoms with Crippen molar-refractivity contribution in [2.75, 3.05) is 16.8 Å². The molecule has 5 N–H and O–H groups in total. The van der Waals surface area contributed by atoms with E-state index in [-0.39, 0.29) is 11.4 Å². The zero-order valence-electron chi connectivity index (χ0n) is 9.65. The van der Waals surface area contributed by atoms with Gasteiger partial charge in [-0.1, -0.05) is 12.1 Å². The van der Waals surface area contributed by atoms with E-state index in [1.165, 1.54) is 0 Å². The van der Waals surface area contributed by atoms with E-state index in [1.54, 1.807) is 12.1 Å². The van der Waals surface area contributed by atoms with E-state index in [9.17, 15) is 4.39 Å². The summed E-state index contributed by atoms with van der Waals surface area (Å²) in [5.41, 5.74) is 12.6. The fourth-order valence-corrected chi connectivity index (χ4v) is 1.86. The molecule has 2 rings (SSSR count). The average Bonchev–Trinajstić information content (AvgIpc) is 2.35. The van der Waals surface area contributed by atoms with E-state index in [0.717, 1.165) is 10.5 Å². The summed E-state index contributed by atoms with van der Waals surface area (Å²) in [6, 6.07) is 10.8. The first-order chi connectivity index (χ1) is 8.58. The largest absolute Gasteiger partial charge is 0.397 e. The van der Waals surface area contributed by atoms with Crippen LogP contribution in [-0.4, -0.2) is 0 Å². The van der Waals surface area contributed by atoms with Crippen molar-refractivity contribution in [3.8, 4) is 0 Å². The monoisotopic (exact) mass is 263 g/mol. The summed E-state index contributed by atoms with van der Waals surface area (Å²) in [6.45, 7) is 0.495. The highest BCUT2D eigenvalue weighted by Gasteiger charge is 2.08. The Labute approximate surface area is 110 Å².